The third-order valence-electron chi connectivity index (χ3n) is 3.71. The summed E-state index contributed by atoms with van der Waals surface area (Å²) in [5.41, 5.74) is 2.12. The molecule has 0 unspecified atom stereocenters. The van der Waals surface area contributed by atoms with Crippen LogP contribution in [0.25, 0.3) is 0 Å². The smallest absolute Gasteiger partial charge is 0.226 e. The van der Waals surface area contributed by atoms with Gasteiger partial charge < -0.3 is 5.32 Å². The summed E-state index contributed by atoms with van der Waals surface area (Å²) >= 11 is 10.7. The predicted molar refractivity (Wildman–Crippen MR) is 88.9 cm³/mol. The second-order valence-corrected chi connectivity index (χ2v) is 7.82. The molecule has 1 aliphatic carbocycles. The van der Waals surface area contributed by atoms with Gasteiger partial charge in [-0.2, -0.15) is 0 Å². The Morgan fingerprint density at radius 1 is 1.38 bits per heavy atom. The Morgan fingerprint density at radius 3 is 2.71 bits per heavy atom. The Balaban J connectivity index is 1.46. The molecule has 0 spiro atoms. The first kappa shape index (κ1) is 15.0. The van der Waals surface area contributed by atoms with E-state index in [-0.39, 0.29) is 11.9 Å². The third-order valence-corrected chi connectivity index (χ3v) is 5.38. The molecule has 1 saturated carbocycles. The summed E-state index contributed by atoms with van der Waals surface area (Å²) in [5, 5.41) is 5.73. The molecule has 0 atom stereocenters. The number of nitrogens with zero attached hydrogens (tertiary/aromatic N) is 1. The van der Waals surface area contributed by atoms with Gasteiger partial charge in [0.15, 0.2) is 3.92 Å². The van der Waals surface area contributed by atoms with Gasteiger partial charge in [0.2, 0.25) is 5.91 Å². The molecule has 2 aromatic rings. The van der Waals surface area contributed by atoms with Crippen molar-refractivity contribution in [1.29, 1.82) is 0 Å². The van der Waals surface area contributed by atoms with E-state index in [1.165, 1.54) is 16.9 Å². The number of amides is 1. The van der Waals surface area contributed by atoms with Crippen molar-refractivity contribution in [1.82, 2.24) is 10.3 Å². The van der Waals surface area contributed by atoms with Crippen LogP contribution in [0.15, 0.2) is 33.6 Å². The number of carbonyl (C=O) groups is 1. The zero-order chi connectivity index (χ0) is 14.8. The fourth-order valence-corrected chi connectivity index (χ4v) is 3.72. The van der Waals surface area contributed by atoms with Crippen LogP contribution in [0.1, 0.15) is 30.0 Å². The van der Waals surface area contributed by atoms with Gasteiger partial charge in [-0.3, -0.25) is 4.79 Å². The van der Waals surface area contributed by atoms with Crippen molar-refractivity contribution in [3.8, 4) is 0 Å². The molecule has 1 fully saturated rings. The van der Waals surface area contributed by atoms with Crippen molar-refractivity contribution in [2.24, 2.45) is 0 Å². The van der Waals surface area contributed by atoms with Crippen LogP contribution >= 0.6 is 38.9 Å². The molecule has 0 saturated heterocycles. The lowest BCUT2D eigenvalue weighted by Crippen LogP contribution is -2.43. The summed E-state index contributed by atoms with van der Waals surface area (Å²) in [5.74, 6) is 0.577. The SMILES string of the molecule is O=C(Cc1csc(Br)n1)NC1CC(c2ccc(Cl)cc2)C1. The maximum Gasteiger partial charge on any atom is 0.226 e. The Kier molecular flexibility index (Phi) is 4.62. The first-order chi connectivity index (χ1) is 10.1. The average molecular weight is 386 g/mol. The summed E-state index contributed by atoms with van der Waals surface area (Å²) in [6, 6.07) is 8.25. The molecular weight excluding hydrogens is 372 g/mol. The molecule has 1 aliphatic rings. The lowest BCUT2D eigenvalue weighted by Gasteiger charge is -2.36. The Morgan fingerprint density at radius 2 is 2.10 bits per heavy atom. The highest BCUT2D eigenvalue weighted by Gasteiger charge is 2.31. The second kappa shape index (κ2) is 6.46. The minimum atomic E-state index is 0.0485. The maximum absolute atomic E-state index is 11.9. The van der Waals surface area contributed by atoms with E-state index in [2.05, 4.69) is 38.4 Å². The molecule has 21 heavy (non-hydrogen) atoms. The van der Waals surface area contributed by atoms with Crippen LogP contribution in [0, 0.1) is 0 Å². The first-order valence-corrected chi connectivity index (χ1v) is 8.80. The van der Waals surface area contributed by atoms with Crippen molar-refractivity contribution >= 4 is 44.8 Å². The maximum atomic E-state index is 11.9. The number of nitrogens with one attached hydrogen (secondary N) is 1. The number of benzene rings is 1. The van der Waals surface area contributed by atoms with Crippen LogP contribution in [0.5, 0.6) is 0 Å². The van der Waals surface area contributed by atoms with E-state index in [0.717, 1.165) is 27.5 Å². The van der Waals surface area contributed by atoms with Crippen LogP contribution < -0.4 is 5.32 Å². The molecule has 6 heteroatoms. The van der Waals surface area contributed by atoms with Crippen LogP contribution in [-0.2, 0) is 11.2 Å². The molecule has 110 valence electrons. The van der Waals surface area contributed by atoms with Gasteiger partial charge in [0, 0.05) is 16.4 Å². The van der Waals surface area contributed by atoms with Crippen molar-refractivity contribution in [3.63, 3.8) is 0 Å². The van der Waals surface area contributed by atoms with E-state index in [4.69, 9.17) is 11.6 Å². The van der Waals surface area contributed by atoms with Crippen LogP contribution in [0.2, 0.25) is 5.02 Å². The van der Waals surface area contributed by atoms with E-state index in [1.807, 2.05) is 17.5 Å². The number of carbonyl (C=O) groups excluding carboxylic acids is 1. The van der Waals surface area contributed by atoms with Gasteiger partial charge in [-0.1, -0.05) is 23.7 Å². The molecule has 0 radical (unpaired) electrons. The summed E-state index contributed by atoms with van der Waals surface area (Å²) in [7, 11) is 0. The minimum absolute atomic E-state index is 0.0485. The molecule has 3 nitrogen and oxygen atoms in total. The van der Waals surface area contributed by atoms with Crippen LogP contribution in [-0.4, -0.2) is 16.9 Å². The van der Waals surface area contributed by atoms with Gasteiger partial charge in [-0.25, -0.2) is 4.98 Å². The number of hydrogen-bond donors (Lipinski definition) is 1. The lowest BCUT2D eigenvalue weighted by atomic mass is 9.76. The van der Waals surface area contributed by atoms with Gasteiger partial charge in [-0.15, -0.1) is 11.3 Å². The Hall–Kier alpha value is -0.910. The molecule has 1 heterocycles. The molecule has 0 aliphatic heterocycles. The highest BCUT2D eigenvalue weighted by Crippen LogP contribution is 2.37. The quantitative estimate of drug-likeness (QED) is 0.858. The fraction of sp³-hybridized carbons (Fsp3) is 0.333. The molecule has 1 amide bonds. The Bertz CT molecular complexity index is 637. The van der Waals surface area contributed by atoms with E-state index in [1.54, 1.807) is 0 Å². The number of thiazole rings is 1. The monoisotopic (exact) mass is 384 g/mol. The summed E-state index contributed by atoms with van der Waals surface area (Å²) < 4.78 is 0.816. The van der Waals surface area contributed by atoms with Crippen molar-refractivity contribution in [2.75, 3.05) is 0 Å². The minimum Gasteiger partial charge on any atom is -0.353 e. The first-order valence-electron chi connectivity index (χ1n) is 6.75. The predicted octanol–water partition coefficient (Wildman–Crippen LogP) is 4.16. The molecule has 0 bridgehead atoms. The van der Waals surface area contributed by atoms with E-state index in [0.29, 0.717) is 12.3 Å². The van der Waals surface area contributed by atoms with Gasteiger partial charge in [0.25, 0.3) is 0 Å². The summed E-state index contributed by atoms with van der Waals surface area (Å²) in [6.45, 7) is 0. The Labute approximate surface area is 140 Å². The highest BCUT2D eigenvalue weighted by molar-refractivity contribution is 9.11. The second-order valence-electron chi connectivity index (χ2n) is 5.25. The number of rotatable bonds is 4. The van der Waals surface area contributed by atoms with E-state index < -0.39 is 0 Å². The summed E-state index contributed by atoms with van der Waals surface area (Å²) in [6.07, 6.45) is 2.34. The van der Waals surface area contributed by atoms with Gasteiger partial charge in [0.1, 0.15) is 0 Å². The highest BCUT2D eigenvalue weighted by atomic mass is 79.9. The number of aromatic nitrogens is 1. The standard InChI is InChI=1S/C15H14BrClN2OS/c16-15-19-13(8-21-15)7-14(20)18-12-5-10(6-12)9-1-3-11(17)4-2-9/h1-4,8,10,12H,5-7H2,(H,18,20). The van der Waals surface area contributed by atoms with E-state index >= 15 is 0 Å². The van der Waals surface area contributed by atoms with Crippen LogP contribution in [0.3, 0.4) is 0 Å². The van der Waals surface area contributed by atoms with Crippen molar-refractivity contribution in [2.45, 2.75) is 31.2 Å². The van der Waals surface area contributed by atoms with Gasteiger partial charge in [0.05, 0.1) is 12.1 Å². The summed E-state index contributed by atoms with van der Waals surface area (Å²) in [4.78, 5) is 16.2. The van der Waals surface area contributed by atoms with E-state index in [9.17, 15) is 4.79 Å². The largest absolute Gasteiger partial charge is 0.353 e. The topological polar surface area (TPSA) is 42.0 Å². The van der Waals surface area contributed by atoms with Crippen molar-refractivity contribution < 1.29 is 4.79 Å². The zero-order valence-corrected chi connectivity index (χ0v) is 14.3. The molecular formula is C15H14BrClN2OS. The van der Waals surface area contributed by atoms with Gasteiger partial charge in [-0.05, 0) is 52.4 Å². The molecule has 3 rings (SSSR count). The molecule has 1 aromatic heterocycles. The number of hydrogen-bond acceptors (Lipinski definition) is 3. The normalized spacial score (nSPS) is 20.9. The lowest BCUT2D eigenvalue weighted by molar-refractivity contribution is -0.121. The fourth-order valence-electron chi connectivity index (χ4n) is 2.55. The molecule has 1 aromatic carbocycles. The average Bonchev–Trinajstić information content (AvgIpc) is 2.80. The van der Waals surface area contributed by atoms with Crippen molar-refractivity contribution in [3.05, 3.63) is 49.8 Å². The zero-order valence-electron chi connectivity index (χ0n) is 11.2. The van der Waals surface area contributed by atoms with Crippen LogP contribution in [0.4, 0.5) is 0 Å². The van der Waals surface area contributed by atoms with Gasteiger partial charge >= 0.3 is 0 Å². The third kappa shape index (κ3) is 3.84. The molecule has 1 N–H and O–H groups in total. The number of halogens is 2.